The van der Waals surface area contributed by atoms with Gasteiger partial charge < -0.3 is 10.1 Å². The van der Waals surface area contributed by atoms with Gasteiger partial charge in [0.05, 0.1) is 12.8 Å². The molecule has 0 saturated heterocycles. The third kappa shape index (κ3) is 3.72. The van der Waals surface area contributed by atoms with Crippen molar-refractivity contribution in [3.05, 3.63) is 41.0 Å². The number of nitrogens with one attached hydrogen (secondary N) is 2. The third-order valence-electron chi connectivity index (χ3n) is 2.68. The summed E-state index contributed by atoms with van der Waals surface area (Å²) in [5.74, 6) is -0.368. The number of anilines is 1. The monoisotopic (exact) mass is 330 g/mol. The minimum atomic E-state index is -3.72. The van der Waals surface area contributed by atoms with E-state index in [4.69, 9.17) is 4.74 Å². The minimum absolute atomic E-state index is 0.130. The Bertz CT molecular complexity index is 729. The summed E-state index contributed by atoms with van der Waals surface area (Å²) in [6, 6.07) is 5.22. The Labute approximate surface area is 126 Å². The lowest BCUT2D eigenvalue weighted by molar-refractivity contribution is 0.413. The van der Waals surface area contributed by atoms with Crippen LogP contribution in [0.4, 0.5) is 10.1 Å². The largest absolute Gasteiger partial charge is 0.494 e. The van der Waals surface area contributed by atoms with Crippen LogP contribution in [0.3, 0.4) is 0 Å². The Morgan fingerprint density at radius 2 is 2.10 bits per heavy atom. The van der Waals surface area contributed by atoms with Crippen LogP contribution >= 0.6 is 11.3 Å². The molecule has 1 heterocycles. The minimum Gasteiger partial charge on any atom is -0.494 e. The first-order chi connectivity index (χ1) is 9.96. The lowest BCUT2D eigenvalue weighted by atomic mass is 10.3. The molecule has 8 heteroatoms. The summed E-state index contributed by atoms with van der Waals surface area (Å²) in [5.41, 5.74) is 1.08. The van der Waals surface area contributed by atoms with Crippen molar-refractivity contribution >= 4 is 27.0 Å². The van der Waals surface area contributed by atoms with E-state index in [2.05, 4.69) is 10.0 Å². The molecule has 0 fully saturated rings. The number of benzene rings is 1. The van der Waals surface area contributed by atoms with Crippen molar-refractivity contribution in [1.29, 1.82) is 0 Å². The van der Waals surface area contributed by atoms with Gasteiger partial charge in [0.15, 0.2) is 0 Å². The summed E-state index contributed by atoms with van der Waals surface area (Å²) in [7, 11) is -0.583. The van der Waals surface area contributed by atoms with E-state index >= 15 is 0 Å². The highest BCUT2D eigenvalue weighted by Gasteiger charge is 2.19. The smallest absolute Gasteiger partial charge is 0.271 e. The molecule has 114 valence electrons. The molecule has 0 atom stereocenters. The molecule has 5 nitrogen and oxygen atoms in total. The van der Waals surface area contributed by atoms with Crippen LogP contribution in [0, 0.1) is 5.82 Å². The molecule has 2 rings (SSSR count). The maximum atomic E-state index is 13.1. The van der Waals surface area contributed by atoms with E-state index in [1.165, 1.54) is 19.2 Å². The molecular weight excluding hydrogens is 315 g/mol. The van der Waals surface area contributed by atoms with E-state index in [-0.39, 0.29) is 15.6 Å². The Balaban J connectivity index is 2.28. The maximum absolute atomic E-state index is 13.1. The molecule has 0 spiro atoms. The molecule has 0 saturated carbocycles. The van der Waals surface area contributed by atoms with Gasteiger partial charge in [0.1, 0.15) is 15.8 Å². The van der Waals surface area contributed by atoms with Crippen molar-refractivity contribution in [1.82, 2.24) is 5.32 Å². The fourth-order valence-electron chi connectivity index (χ4n) is 1.74. The summed E-state index contributed by atoms with van der Waals surface area (Å²) in [5, 5.41) is 4.72. The second-order valence-electron chi connectivity index (χ2n) is 4.25. The molecule has 0 amide bonds. The number of halogens is 1. The van der Waals surface area contributed by atoms with E-state index in [1.807, 2.05) is 0 Å². The molecule has 2 N–H and O–H groups in total. The fraction of sp³-hybridized carbons (Fsp3) is 0.231. The first kappa shape index (κ1) is 15.7. The standard InChI is InChI=1S/C13H15FN2O3S2/c1-15-7-9-5-13(20-8-9)21(17,18)16-11-4-3-10(14)6-12(11)19-2/h3-6,8,15-16H,7H2,1-2H3. The predicted molar refractivity (Wildman–Crippen MR) is 80.8 cm³/mol. The summed E-state index contributed by atoms with van der Waals surface area (Å²) in [6.07, 6.45) is 0. The van der Waals surface area contributed by atoms with Crippen LogP contribution in [-0.2, 0) is 16.6 Å². The van der Waals surface area contributed by atoms with E-state index in [0.717, 1.165) is 23.0 Å². The van der Waals surface area contributed by atoms with Crippen LogP contribution < -0.4 is 14.8 Å². The molecule has 1 aromatic heterocycles. The van der Waals surface area contributed by atoms with Gasteiger partial charge in [-0.3, -0.25) is 4.72 Å². The quantitative estimate of drug-likeness (QED) is 0.853. The number of methoxy groups -OCH3 is 1. The topological polar surface area (TPSA) is 67.4 Å². The Hall–Kier alpha value is -1.64. The number of rotatable bonds is 6. The third-order valence-corrected chi connectivity index (χ3v) is 5.54. The molecule has 1 aromatic carbocycles. The zero-order valence-corrected chi connectivity index (χ0v) is 13.1. The zero-order chi connectivity index (χ0) is 15.5. The van der Waals surface area contributed by atoms with Crippen LogP contribution in [0.2, 0.25) is 0 Å². The van der Waals surface area contributed by atoms with Gasteiger partial charge in [0.25, 0.3) is 10.0 Å². The van der Waals surface area contributed by atoms with Gasteiger partial charge in [0, 0.05) is 12.6 Å². The first-order valence-corrected chi connectivity index (χ1v) is 8.41. The van der Waals surface area contributed by atoms with E-state index in [9.17, 15) is 12.8 Å². The van der Waals surface area contributed by atoms with Crippen molar-refractivity contribution in [3.8, 4) is 5.75 Å². The van der Waals surface area contributed by atoms with Crippen molar-refractivity contribution < 1.29 is 17.5 Å². The lowest BCUT2D eigenvalue weighted by Gasteiger charge is -2.10. The molecule has 0 unspecified atom stereocenters. The molecule has 0 aliphatic rings. The lowest BCUT2D eigenvalue weighted by Crippen LogP contribution is -2.12. The van der Waals surface area contributed by atoms with Crippen LogP contribution in [0.1, 0.15) is 5.56 Å². The molecule has 0 radical (unpaired) electrons. The number of hydrogen-bond acceptors (Lipinski definition) is 5. The van der Waals surface area contributed by atoms with Crippen molar-refractivity contribution in [2.24, 2.45) is 0 Å². The van der Waals surface area contributed by atoms with E-state index in [0.29, 0.717) is 6.54 Å². The van der Waals surface area contributed by atoms with Crippen molar-refractivity contribution in [2.75, 3.05) is 18.9 Å². The van der Waals surface area contributed by atoms with Crippen LogP contribution in [0.5, 0.6) is 5.75 Å². The van der Waals surface area contributed by atoms with Gasteiger partial charge >= 0.3 is 0 Å². The normalized spacial score (nSPS) is 11.4. The van der Waals surface area contributed by atoms with Gasteiger partial charge in [-0.15, -0.1) is 11.3 Å². The summed E-state index contributed by atoms with van der Waals surface area (Å²) in [6.45, 7) is 0.589. The molecule has 0 aliphatic carbocycles. The van der Waals surface area contributed by atoms with Gasteiger partial charge in [0.2, 0.25) is 0 Å². The van der Waals surface area contributed by atoms with Crippen molar-refractivity contribution in [3.63, 3.8) is 0 Å². The fourth-order valence-corrected chi connectivity index (χ4v) is 4.01. The SMILES string of the molecule is CNCc1csc(S(=O)(=O)Nc2ccc(F)cc2OC)c1. The summed E-state index contributed by atoms with van der Waals surface area (Å²) >= 11 is 1.13. The van der Waals surface area contributed by atoms with E-state index < -0.39 is 15.8 Å². The van der Waals surface area contributed by atoms with Crippen molar-refractivity contribution in [2.45, 2.75) is 10.8 Å². The second-order valence-corrected chi connectivity index (χ2v) is 7.07. The van der Waals surface area contributed by atoms with Gasteiger partial charge in [-0.25, -0.2) is 12.8 Å². The predicted octanol–water partition coefficient (Wildman–Crippen LogP) is 2.42. The summed E-state index contributed by atoms with van der Waals surface area (Å²) < 4.78 is 45.3. The van der Waals surface area contributed by atoms with Gasteiger partial charge in [-0.2, -0.15) is 0 Å². The molecule has 0 bridgehead atoms. The highest BCUT2D eigenvalue weighted by atomic mass is 32.2. The average Bonchev–Trinajstić information content (AvgIpc) is 2.90. The Morgan fingerprint density at radius 3 is 2.76 bits per heavy atom. The molecular formula is C13H15FN2O3S2. The van der Waals surface area contributed by atoms with E-state index in [1.54, 1.807) is 18.5 Å². The Morgan fingerprint density at radius 1 is 1.33 bits per heavy atom. The number of thiophene rings is 1. The van der Waals surface area contributed by atoms with Crippen LogP contribution in [-0.4, -0.2) is 22.6 Å². The Kier molecular flexibility index (Phi) is 4.81. The molecule has 2 aromatic rings. The van der Waals surface area contributed by atoms with Gasteiger partial charge in [-0.1, -0.05) is 0 Å². The zero-order valence-electron chi connectivity index (χ0n) is 11.5. The number of ether oxygens (including phenoxy) is 1. The highest BCUT2D eigenvalue weighted by Crippen LogP contribution is 2.29. The van der Waals surface area contributed by atoms with Crippen LogP contribution in [0.15, 0.2) is 33.9 Å². The number of sulfonamides is 1. The maximum Gasteiger partial charge on any atom is 0.271 e. The van der Waals surface area contributed by atoms with Gasteiger partial charge in [-0.05, 0) is 36.2 Å². The number of hydrogen-bond donors (Lipinski definition) is 2. The summed E-state index contributed by atoms with van der Waals surface area (Å²) in [4.78, 5) is 0. The molecule has 0 aliphatic heterocycles. The first-order valence-electron chi connectivity index (χ1n) is 6.04. The molecule has 21 heavy (non-hydrogen) atoms. The van der Waals surface area contributed by atoms with Crippen LogP contribution in [0.25, 0.3) is 0 Å². The second kappa shape index (κ2) is 6.42. The highest BCUT2D eigenvalue weighted by molar-refractivity contribution is 7.94. The average molecular weight is 330 g/mol.